The Morgan fingerprint density at radius 3 is 2.34 bits per heavy atom. The molecule has 29 heavy (non-hydrogen) atoms. The van der Waals surface area contributed by atoms with Crippen LogP contribution in [0.1, 0.15) is 17.5 Å². The van der Waals surface area contributed by atoms with E-state index in [-0.39, 0.29) is 11.4 Å². The van der Waals surface area contributed by atoms with Crippen molar-refractivity contribution < 1.29 is 12.8 Å². The monoisotopic (exact) mass is 409 g/mol. The van der Waals surface area contributed by atoms with E-state index in [0.717, 1.165) is 11.1 Å². The quantitative estimate of drug-likeness (QED) is 0.503. The summed E-state index contributed by atoms with van der Waals surface area (Å²) in [5.74, 6) is 0.552. The van der Waals surface area contributed by atoms with Gasteiger partial charge in [-0.05, 0) is 17.7 Å². The fourth-order valence-corrected chi connectivity index (χ4v) is 4.17. The summed E-state index contributed by atoms with van der Waals surface area (Å²) in [6.07, 6.45) is 4.65. The van der Waals surface area contributed by atoms with Gasteiger partial charge in [-0.25, -0.2) is 18.1 Å². The number of rotatable bonds is 7. The van der Waals surface area contributed by atoms with Crippen molar-refractivity contribution in [3.05, 3.63) is 84.7 Å². The zero-order valence-corrected chi connectivity index (χ0v) is 16.5. The van der Waals surface area contributed by atoms with Crippen LogP contribution in [0, 0.1) is 6.92 Å². The van der Waals surface area contributed by atoms with E-state index in [0.29, 0.717) is 11.6 Å². The van der Waals surface area contributed by atoms with Gasteiger partial charge in [-0.2, -0.15) is 15.0 Å². The second kappa shape index (κ2) is 7.98. The van der Waals surface area contributed by atoms with Crippen LogP contribution in [0.5, 0.6) is 0 Å². The smallest absolute Gasteiger partial charge is 0.241 e. The van der Waals surface area contributed by atoms with Crippen LogP contribution in [-0.4, -0.2) is 28.4 Å². The number of nitrogens with zero attached hydrogens (tertiary/aromatic N) is 4. The SMILES string of the molecule is Cc1nc(-c2ccc(S(=O)(=O)NC(Cn3nccn3)c3ccccc3)cc2)co1. The lowest BCUT2D eigenvalue weighted by atomic mass is 10.1. The highest BCUT2D eigenvalue weighted by Gasteiger charge is 2.22. The van der Waals surface area contributed by atoms with E-state index < -0.39 is 16.1 Å². The van der Waals surface area contributed by atoms with Crippen LogP contribution >= 0.6 is 0 Å². The summed E-state index contributed by atoms with van der Waals surface area (Å²) in [6.45, 7) is 2.02. The van der Waals surface area contributed by atoms with Gasteiger partial charge in [-0.1, -0.05) is 42.5 Å². The normalized spacial score (nSPS) is 12.7. The Balaban J connectivity index is 1.59. The number of sulfonamides is 1. The summed E-state index contributed by atoms with van der Waals surface area (Å²) in [7, 11) is -3.77. The van der Waals surface area contributed by atoms with Gasteiger partial charge >= 0.3 is 0 Å². The maximum Gasteiger partial charge on any atom is 0.241 e. The summed E-state index contributed by atoms with van der Waals surface area (Å²) in [6, 6.07) is 15.3. The molecule has 0 bridgehead atoms. The highest BCUT2D eigenvalue weighted by Crippen LogP contribution is 2.23. The molecule has 9 heteroatoms. The van der Waals surface area contributed by atoms with Gasteiger partial charge in [-0.3, -0.25) is 0 Å². The number of aromatic nitrogens is 4. The van der Waals surface area contributed by atoms with Crippen LogP contribution in [0.25, 0.3) is 11.3 Å². The maximum atomic E-state index is 13.0. The summed E-state index contributed by atoms with van der Waals surface area (Å²) in [5, 5.41) is 8.17. The first-order valence-electron chi connectivity index (χ1n) is 8.95. The first kappa shape index (κ1) is 19.0. The fraction of sp³-hybridized carbons (Fsp3) is 0.150. The number of hydrogen-bond acceptors (Lipinski definition) is 6. The highest BCUT2D eigenvalue weighted by atomic mass is 32.2. The van der Waals surface area contributed by atoms with Crippen molar-refractivity contribution in [2.45, 2.75) is 24.4 Å². The zero-order valence-electron chi connectivity index (χ0n) is 15.6. The van der Waals surface area contributed by atoms with E-state index in [1.807, 2.05) is 30.3 Å². The predicted octanol–water partition coefficient (Wildman–Crippen LogP) is 2.96. The minimum atomic E-state index is -3.77. The summed E-state index contributed by atoms with van der Waals surface area (Å²) >= 11 is 0. The van der Waals surface area contributed by atoms with Crippen molar-refractivity contribution in [2.24, 2.45) is 0 Å². The minimum absolute atomic E-state index is 0.163. The lowest BCUT2D eigenvalue weighted by molar-refractivity contribution is 0.444. The largest absolute Gasteiger partial charge is 0.449 e. The molecule has 0 aliphatic carbocycles. The Bertz CT molecular complexity index is 1170. The minimum Gasteiger partial charge on any atom is -0.449 e. The van der Waals surface area contributed by atoms with E-state index in [2.05, 4.69) is 19.9 Å². The molecular weight excluding hydrogens is 390 g/mol. The molecule has 1 N–H and O–H groups in total. The van der Waals surface area contributed by atoms with Gasteiger partial charge < -0.3 is 4.42 Å². The molecule has 4 rings (SSSR count). The molecule has 0 saturated heterocycles. The molecule has 0 radical (unpaired) electrons. The van der Waals surface area contributed by atoms with Crippen molar-refractivity contribution >= 4 is 10.0 Å². The average Bonchev–Trinajstić information content (AvgIpc) is 3.40. The Morgan fingerprint density at radius 1 is 1.03 bits per heavy atom. The van der Waals surface area contributed by atoms with Gasteiger partial charge in [0.1, 0.15) is 12.0 Å². The molecule has 2 aromatic heterocycles. The molecule has 2 heterocycles. The molecule has 0 aliphatic heterocycles. The molecule has 4 aromatic rings. The molecule has 2 aromatic carbocycles. The van der Waals surface area contributed by atoms with Crippen LogP contribution in [0.3, 0.4) is 0 Å². The van der Waals surface area contributed by atoms with Crippen molar-refractivity contribution in [3.63, 3.8) is 0 Å². The second-order valence-electron chi connectivity index (χ2n) is 6.44. The van der Waals surface area contributed by atoms with Crippen LogP contribution in [-0.2, 0) is 16.6 Å². The Hall–Kier alpha value is -3.30. The third kappa shape index (κ3) is 4.41. The maximum absolute atomic E-state index is 13.0. The topological polar surface area (TPSA) is 103 Å². The zero-order chi connectivity index (χ0) is 20.3. The van der Waals surface area contributed by atoms with Crippen molar-refractivity contribution in [2.75, 3.05) is 0 Å². The molecule has 0 amide bonds. The van der Waals surface area contributed by atoms with Gasteiger partial charge in [0.15, 0.2) is 5.89 Å². The molecule has 0 saturated carbocycles. The molecule has 0 aliphatic rings. The van der Waals surface area contributed by atoms with E-state index >= 15 is 0 Å². The van der Waals surface area contributed by atoms with Crippen molar-refractivity contribution in [3.8, 4) is 11.3 Å². The molecule has 8 nitrogen and oxygen atoms in total. The van der Waals surface area contributed by atoms with Gasteiger partial charge in [-0.15, -0.1) is 0 Å². The summed E-state index contributed by atoms with van der Waals surface area (Å²) in [5.41, 5.74) is 2.26. The molecule has 1 atom stereocenters. The number of hydrogen-bond donors (Lipinski definition) is 1. The lowest BCUT2D eigenvalue weighted by Gasteiger charge is -2.19. The van der Waals surface area contributed by atoms with Crippen LogP contribution in [0.4, 0.5) is 0 Å². The first-order valence-corrected chi connectivity index (χ1v) is 10.4. The Morgan fingerprint density at radius 2 is 1.72 bits per heavy atom. The summed E-state index contributed by atoms with van der Waals surface area (Å²) in [4.78, 5) is 5.87. The van der Waals surface area contributed by atoms with Gasteiger partial charge in [0, 0.05) is 12.5 Å². The molecule has 0 spiro atoms. The van der Waals surface area contributed by atoms with E-state index in [1.165, 1.54) is 4.80 Å². The van der Waals surface area contributed by atoms with Crippen LogP contribution in [0.15, 0.2) is 82.6 Å². The fourth-order valence-electron chi connectivity index (χ4n) is 2.95. The van der Waals surface area contributed by atoms with Gasteiger partial charge in [0.2, 0.25) is 10.0 Å². The predicted molar refractivity (Wildman–Crippen MR) is 106 cm³/mol. The molecular formula is C20H19N5O3S. The molecule has 1 unspecified atom stereocenters. The Kier molecular flexibility index (Phi) is 5.24. The van der Waals surface area contributed by atoms with Gasteiger partial charge in [0.25, 0.3) is 0 Å². The second-order valence-corrected chi connectivity index (χ2v) is 8.16. The summed E-state index contributed by atoms with van der Waals surface area (Å²) < 4.78 is 34.0. The van der Waals surface area contributed by atoms with E-state index in [9.17, 15) is 8.42 Å². The average molecular weight is 409 g/mol. The number of oxazole rings is 1. The van der Waals surface area contributed by atoms with Crippen molar-refractivity contribution in [1.82, 2.24) is 24.7 Å². The van der Waals surface area contributed by atoms with Crippen LogP contribution < -0.4 is 4.72 Å². The third-order valence-electron chi connectivity index (χ3n) is 4.39. The number of aryl methyl sites for hydroxylation is 1. The molecule has 148 valence electrons. The van der Waals surface area contributed by atoms with Gasteiger partial charge in [0.05, 0.1) is 29.9 Å². The van der Waals surface area contributed by atoms with E-state index in [4.69, 9.17) is 4.42 Å². The number of nitrogens with one attached hydrogen (secondary N) is 1. The Labute approximate surface area is 168 Å². The number of benzene rings is 2. The lowest BCUT2D eigenvalue weighted by Crippen LogP contribution is -2.32. The van der Waals surface area contributed by atoms with Crippen LogP contribution in [0.2, 0.25) is 0 Å². The van der Waals surface area contributed by atoms with E-state index in [1.54, 1.807) is 49.8 Å². The van der Waals surface area contributed by atoms with Crippen molar-refractivity contribution in [1.29, 1.82) is 0 Å². The molecule has 0 fully saturated rings. The standard InChI is InChI=1S/C20H19N5O3S/c1-15-23-20(14-28-15)17-7-9-18(10-8-17)29(26,27)24-19(13-25-21-11-12-22-25)16-5-3-2-4-6-16/h2-12,14,19,24H,13H2,1H3. The third-order valence-corrected chi connectivity index (χ3v) is 5.88. The first-order chi connectivity index (χ1) is 14.0. The highest BCUT2D eigenvalue weighted by molar-refractivity contribution is 7.89.